The first-order chi connectivity index (χ1) is 5.86. The minimum absolute atomic E-state index is 0.0508. The van der Waals surface area contributed by atoms with Gasteiger partial charge in [-0.05, 0) is 12.5 Å². The lowest BCUT2D eigenvalue weighted by Crippen LogP contribution is -2.37. The minimum Gasteiger partial charge on any atom is -0.486 e. The normalized spacial score (nSPS) is 37.8. The van der Waals surface area contributed by atoms with Gasteiger partial charge in [0.15, 0.2) is 5.44 Å². The Kier molecular flexibility index (Phi) is 3.87. The Morgan fingerprint density at radius 2 is 2.42 bits per heavy atom. The molecule has 0 bridgehead atoms. The van der Waals surface area contributed by atoms with Gasteiger partial charge in [0.25, 0.3) is 0 Å². The van der Waals surface area contributed by atoms with Crippen LogP contribution in [0.3, 0.4) is 0 Å². The van der Waals surface area contributed by atoms with Gasteiger partial charge in [0.05, 0.1) is 12.3 Å². The van der Waals surface area contributed by atoms with Crippen molar-refractivity contribution in [1.82, 2.24) is 5.32 Å². The van der Waals surface area contributed by atoms with Crippen LogP contribution in [0.2, 0.25) is 0 Å². The van der Waals surface area contributed by atoms with E-state index in [9.17, 15) is 0 Å². The second-order valence-corrected chi connectivity index (χ2v) is 3.69. The van der Waals surface area contributed by atoms with Crippen LogP contribution in [0.5, 0.6) is 0 Å². The molecule has 0 amide bonds. The molecule has 2 aliphatic rings. The van der Waals surface area contributed by atoms with E-state index < -0.39 is 0 Å². The summed E-state index contributed by atoms with van der Waals surface area (Å²) in [6.45, 7) is 0. The van der Waals surface area contributed by atoms with E-state index in [-0.39, 0.29) is 10.9 Å². The van der Waals surface area contributed by atoms with Gasteiger partial charge < -0.3 is 15.6 Å². The summed E-state index contributed by atoms with van der Waals surface area (Å²) in [5, 5.41) is 10.2. The van der Waals surface area contributed by atoms with Gasteiger partial charge >= 0.3 is 0 Å². The summed E-state index contributed by atoms with van der Waals surface area (Å²) >= 11 is 1.64. The molecule has 0 aliphatic carbocycles. The third-order valence-electron chi connectivity index (χ3n) is 1.69. The fourth-order valence-corrected chi connectivity index (χ4v) is 2.26. The summed E-state index contributed by atoms with van der Waals surface area (Å²) in [4.78, 5) is 0. The van der Waals surface area contributed by atoms with Crippen molar-refractivity contribution in [3.05, 3.63) is 12.3 Å². The average molecular weight is 190 g/mol. The molecular formula is C7H14N2O2S. The Bertz CT molecular complexity index is 149. The number of aliphatic hydroxyl groups is 1. The lowest BCUT2D eigenvalue weighted by atomic mass is 10.2. The predicted octanol–water partition coefficient (Wildman–Crippen LogP) is -0.198. The first-order valence-electron chi connectivity index (χ1n) is 3.78. The van der Waals surface area contributed by atoms with Crippen molar-refractivity contribution < 1.29 is 9.84 Å². The van der Waals surface area contributed by atoms with Crippen LogP contribution in [-0.4, -0.2) is 29.2 Å². The molecule has 2 rings (SSSR count). The molecule has 0 radical (unpaired) electrons. The molecule has 0 aromatic heterocycles. The van der Waals surface area contributed by atoms with Crippen LogP contribution >= 0.6 is 11.8 Å². The molecule has 3 unspecified atom stereocenters. The zero-order valence-corrected chi connectivity index (χ0v) is 7.75. The van der Waals surface area contributed by atoms with Crippen LogP contribution < -0.4 is 11.1 Å². The van der Waals surface area contributed by atoms with Crippen molar-refractivity contribution in [3.63, 3.8) is 0 Å². The number of aliphatic hydroxyl groups excluding tert-OH is 1. The highest BCUT2D eigenvalue weighted by Crippen LogP contribution is 2.29. The number of fused-ring (bicyclic) bond motifs is 1. The van der Waals surface area contributed by atoms with Crippen LogP contribution in [0.4, 0.5) is 0 Å². The van der Waals surface area contributed by atoms with Crippen LogP contribution in [0.1, 0.15) is 6.42 Å². The number of nitrogens with one attached hydrogen (secondary N) is 1. The molecule has 0 aromatic carbocycles. The number of nitrogens with two attached hydrogens (primary N) is 1. The van der Waals surface area contributed by atoms with Gasteiger partial charge in [-0.1, -0.05) is 11.8 Å². The molecule has 4 N–H and O–H groups in total. The van der Waals surface area contributed by atoms with Gasteiger partial charge in [0.2, 0.25) is 0 Å². The van der Waals surface area contributed by atoms with E-state index in [1.54, 1.807) is 18.0 Å². The van der Waals surface area contributed by atoms with E-state index in [4.69, 9.17) is 15.6 Å². The van der Waals surface area contributed by atoms with Gasteiger partial charge in [-0.2, -0.15) is 0 Å². The van der Waals surface area contributed by atoms with E-state index in [2.05, 4.69) is 5.32 Å². The molecule has 0 saturated carbocycles. The van der Waals surface area contributed by atoms with E-state index >= 15 is 0 Å². The quantitative estimate of drug-likeness (QED) is 0.494. The van der Waals surface area contributed by atoms with Crippen LogP contribution in [-0.2, 0) is 4.74 Å². The Morgan fingerprint density at radius 1 is 1.67 bits per heavy atom. The number of ether oxygens (including phenoxy) is 1. The Hall–Kier alpha value is -0.230. The van der Waals surface area contributed by atoms with Crippen molar-refractivity contribution >= 4 is 11.8 Å². The summed E-state index contributed by atoms with van der Waals surface area (Å²) < 4.78 is 5.31. The fraction of sp³-hybridized carbons (Fsp3) is 0.714. The topological polar surface area (TPSA) is 67.5 Å². The van der Waals surface area contributed by atoms with Gasteiger partial charge in [-0.3, -0.25) is 5.32 Å². The molecule has 12 heavy (non-hydrogen) atoms. The lowest BCUT2D eigenvalue weighted by Gasteiger charge is -2.19. The second-order valence-electron chi connectivity index (χ2n) is 2.44. The third-order valence-corrected chi connectivity index (χ3v) is 2.82. The van der Waals surface area contributed by atoms with E-state index in [1.165, 1.54) is 0 Å². The molecule has 2 aliphatic heterocycles. The summed E-state index contributed by atoms with van der Waals surface area (Å²) in [6.07, 6.45) is 4.81. The number of hydrogen-bond acceptors (Lipinski definition) is 5. The predicted molar refractivity (Wildman–Crippen MR) is 49.3 cm³/mol. The van der Waals surface area contributed by atoms with Crippen LogP contribution in [0.25, 0.3) is 0 Å². The number of rotatable bonds is 0. The SMILES string of the molecule is CO.NC1NC2CC=COC2S1. The molecular weight excluding hydrogens is 176 g/mol. The van der Waals surface area contributed by atoms with Gasteiger partial charge in [-0.25, -0.2) is 0 Å². The molecule has 2 heterocycles. The molecule has 5 heteroatoms. The molecule has 3 atom stereocenters. The first kappa shape index (κ1) is 9.85. The van der Waals surface area contributed by atoms with Crippen molar-refractivity contribution in [3.8, 4) is 0 Å². The first-order valence-corrected chi connectivity index (χ1v) is 4.73. The maximum Gasteiger partial charge on any atom is 0.161 e. The highest BCUT2D eigenvalue weighted by molar-refractivity contribution is 8.00. The second kappa shape index (κ2) is 4.71. The average Bonchev–Trinajstić information content (AvgIpc) is 2.48. The summed E-state index contributed by atoms with van der Waals surface area (Å²) in [5.41, 5.74) is 5.93. The highest BCUT2D eigenvalue weighted by Gasteiger charge is 2.34. The maximum absolute atomic E-state index is 7.00. The molecule has 1 fully saturated rings. The Balaban J connectivity index is 0.000000336. The maximum atomic E-state index is 7.00. The minimum atomic E-state index is 0.0508. The monoisotopic (exact) mass is 190 g/mol. The summed E-state index contributed by atoms with van der Waals surface area (Å²) in [7, 11) is 1.00. The van der Waals surface area contributed by atoms with Crippen molar-refractivity contribution in [2.75, 3.05) is 7.11 Å². The zero-order chi connectivity index (χ0) is 8.97. The summed E-state index contributed by atoms with van der Waals surface area (Å²) in [5.74, 6) is 0. The zero-order valence-electron chi connectivity index (χ0n) is 6.93. The molecule has 1 saturated heterocycles. The van der Waals surface area contributed by atoms with Crippen molar-refractivity contribution in [2.45, 2.75) is 23.4 Å². The Labute approximate surface area is 76.2 Å². The van der Waals surface area contributed by atoms with Gasteiger partial charge in [0.1, 0.15) is 5.50 Å². The van der Waals surface area contributed by atoms with E-state index in [0.717, 1.165) is 13.5 Å². The third kappa shape index (κ3) is 2.13. The highest BCUT2D eigenvalue weighted by atomic mass is 32.2. The smallest absolute Gasteiger partial charge is 0.161 e. The number of hydrogen-bond donors (Lipinski definition) is 3. The van der Waals surface area contributed by atoms with E-state index in [1.807, 2.05) is 6.08 Å². The molecule has 0 spiro atoms. The van der Waals surface area contributed by atoms with E-state index in [0.29, 0.717) is 6.04 Å². The standard InChI is InChI=1S/C6H10N2OS.CH4O/c7-6-8-4-2-1-3-9-5(4)10-6;1-2/h1,3-6,8H,2,7H2;2H,1H3. The van der Waals surface area contributed by atoms with Gasteiger partial charge in [-0.15, -0.1) is 0 Å². The molecule has 70 valence electrons. The summed E-state index contributed by atoms with van der Waals surface area (Å²) in [6, 6.07) is 0.421. The lowest BCUT2D eigenvalue weighted by molar-refractivity contribution is 0.174. The fourth-order valence-electron chi connectivity index (χ4n) is 1.21. The number of thioether (sulfide) groups is 1. The largest absolute Gasteiger partial charge is 0.486 e. The van der Waals surface area contributed by atoms with Crippen molar-refractivity contribution in [2.24, 2.45) is 5.73 Å². The van der Waals surface area contributed by atoms with Crippen molar-refractivity contribution in [1.29, 1.82) is 0 Å². The van der Waals surface area contributed by atoms with Crippen LogP contribution in [0, 0.1) is 0 Å². The van der Waals surface area contributed by atoms with Crippen LogP contribution in [0.15, 0.2) is 12.3 Å². The Morgan fingerprint density at radius 3 is 3.08 bits per heavy atom. The molecule has 4 nitrogen and oxygen atoms in total. The molecule has 0 aromatic rings. The van der Waals surface area contributed by atoms with Gasteiger partial charge in [0, 0.05) is 7.11 Å².